The third-order valence-corrected chi connectivity index (χ3v) is 4.07. The maximum atomic E-state index is 5.88. The Morgan fingerprint density at radius 3 is 2.32 bits per heavy atom. The number of hydrogen-bond acceptors (Lipinski definition) is 1. The van der Waals surface area contributed by atoms with Crippen LogP contribution in [0.1, 0.15) is 36.1 Å². The van der Waals surface area contributed by atoms with Crippen molar-refractivity contribution in [3.8, 4) is 0 Å². The highest BCUT2D eigenvalue weighted by atomic mass is 35.5. The van der Waals surface area contributed by atoms with E-state index in [0.717, 1.165) is 17.0 Å². The van der Waals surface area contributed by atoms with Crippen LogP contribution in [0.25, 0.3) is 0 Å². The number of rotatable bonds is 5. The van der Waals surface area contributed by atoms with Gasteiger partial charge in [0.25, 0.3) is 0 Å². The maximum Gasteiger partial charge on any atom is 0.167 e. The number of thiocarbonyl (C=S) groups is 1. The van der Waals surface area contributed by atoms with E-state index in [4.69, 9.17) is 23.8 Å². The van der Waals surface area contributed by atoms with Crippen molar-refractivity contribution in [2.45, 2.75) is 32.9 Å². The van der Waals surface area contributed by atoms with E-state index < -0.39 is 0 Å². The van der Waals surface area contributed by atoms with Gasteiger partial charge >= 0.3 is 0 Å². The zero-order chi connectivity index (χ0) is 15.9. The van der Waals surface area contributed by atoms with Crippen molar-refractivity contribution < 1.29 is 0 Å². The lowest BCUT2D eigenvalue weighted by molar-refractivity contribution is 0.616. The Morgan fingerprint density at radius 1 is 1.09 bits per heavy atom. The first-order chi connectivity index (χ1) is 10.6. The fraction of sp³-hybridized carbons (Fsp3) is 0.278. The average molecular weight is 333 g/mol. The number of nitrogens with one attached hydrogen (secondary N) is 2. The molecular weight excluding hydrogens is 312 g/mol. The van der Waals surface area contributed by atoms with Gasteiger partial charge < -0.3 is 10.6 Å². The molecular formula is C18H21ClN2S. The summed E-state index contributed by atoms with van der Waals surface area (Å²) in [4.78, 5) is 0. The summed E-state index contributed by atoms with van der Waals surface area (Å²) in [5.41, 5.74) is 3.67. The van der Waals surface area contributed by atoms with Gasteiger partial charge in [0.05, 0.1) is 6.04 Å². The first-order valence-corrected chi connectivity index (χ1v) is 8.22. The Labute approximate surface area is 142 Å². The van der Waals surface area contributed by atoms with Gasteiger partial charge in [-0.2, -0.15) is 0 Å². The molecule has 0 aliphatic heterocycles. The van der Waals surface area contributed by atoms with Gasteiger partial charge in [0.15, 0.2) is 5.11 Å². The summed E-state index contributed by atoms with van der Waals surface area (Å²) in [6, 6.07) is 16.5. The summed E-state index contributed by atoms with van der Waals surface area (Å²) >= 11 is 11.3. The lowest BCUT2D eigenvalue weighted by Crippen LogP contribution is -2.37. The molecule has 2 nitrogen and oxygen atoms in total. The van der Waals surface area contributed by atoms with Crippen molar-refractivity contribution in [3.05, 3.63) is 70.2 Å². The smallest absolute Gasteiger partial charge is 0.167 e. The minimum atomic E-state index is 0.228. The van der Waals surface area contributed by atoms with Crippen molar-refractivity contribution in [1.29, 1.82) is 0 Å². The van der Waals surface area contributed by atoms with Crippen LogP contribution in [-0.4, -0.2) is 5.11 Å². The van der Waals surface area contributed by atoms with Crippen LogP contribution in [0.3, 0.4) is 0 Å². The van der Waals surface area contributed by atoms with Crippen LogP contribution in [0, 0.1) is 6.92 Å². The predicted octanol–water partition coefficient (Wildman–Crippen LogP) is 4.76. The van der Waals surface area contributed by atoms with Crippen LogP contribution in [0.2, 0.25) is 5.02 Å². The summed E-state index contributed by atoms with van der Waals surface area (Å²) in [5.74, 6) is 0. The van der Waals surface area contributed by atoms with Crippen LogP contribution in [0.4, 0.5) is 0 Å². The van der Waals surface area contributed by atoms with Crippen LogP contribution < -0.4 is 10.6 Å². The van der Waals surface area contributed by atoms with Crippen molar-refractivity contribution >= 4 is 28.9 Å². The molecule has 0 spiro atoms. The zero-order valence-corrected chi connectivity index (χ0v) is 14.5. The standard InChI is InChI=1S/C18H21ClN2S/c1-3-17(15-8-4-13(2)5-9-15)21-18(22)20-12-14-6-10-16(19)11-7-14/h4-11,17H,3,12H2,1-2H3,(H2,20,21,22). The maximum absolute atomic E-state index is 5.88. The Kier molecular flexibility index (Phi) is 6.22. The largest absolute Gasteiger partial charge is 0.359 e. The van der Waals surface area contributed by atoms with E-state index in [1.165, 1.54) is 11.1 Å². The second-order valence-electron chi connectivity index (χ2n) is 5.32. The van der Waals surface area contributed by atoms with Gasteiger partial charge in [-0.15, -0.1) is 0 Å². The van der Waals surface area contributed by atoms with E-state index in [2.05, 4.69) is 48.7 Å². The second kappa shape index (κ2) is 8.16. The highest BCUT2D eigenvalue weighted by molar-refractivity contribution is 7.80. The zero-order valence-electron chi connectivity index (χ0n) is 12.9. The number of hydrogen-bond donors (Lipinski definition) is 2. The van der Waals surface area contributed by atoms with Crippen LogP contribution in [-0.2, 0) is 6.54 Å². The van der Waals surface area contributed by atoms with Gasteiger partial charge in [-0.1, -0.05) is 60.5 Å². The quantitative estimate of drug-likeness (QED) is 0.772. The molecule has 1 unspecified atom stereocenters. The molecule has 0 bridgehead atoms. The summed E-state index contributed by atoms with van der Waals surface area (Å²) in [7, 11) is 0. The van der Waals surface area contributed by atoms with Crippen molar-refractivity contribution in [3.63, 3.8) is 0 Å². The molecule has 0 fully saturated rings. The Hall–Kier alpha value is -1.58. The topological polar surface area (TPSA) is 24.1 Å². The number of halogens is 1. The molecule has 2 aromatic carbocycles. The Morgan fingerprint density at radius 2 is 1.73 bits per heavy atom. The van der Waals surface area contributed by atoms with Gasteiger partial charge in [0.2, 0.25) is 0 Å². The third kappa shape index (κ3) is 5.00. The lowest BCUT2D eigenvalue weighted by Gasteiger charge is -2.20. The monoisotopic (exact) mass is 332 g/mol. The normalized spacial score (nSPS) is 11.8. The molecule has 0 aliphatic rings. The summed E-state index contributed by atoms with van der Waals surface area (Å²) in [6.45, 7) is 4.93. The molecule has 0 heterocycles. The van der Waals surface area contributed by atoms with Crippen LogP contribution in [0.15, 0.2) is 48.5 Å². The molecule has 2 aromatic rings. The minimum absolute atomic E-state index is 0.228. The molecule has 2 N–H and O–H groups in total. The lowest BCUT2D eigenvalue weighted by atomic mass is 10.0. The molecule has 4 heteroatoms. The Balaban J connectivity index is 1.89. The molecule has 116 valence electrons. The minimum Gasteiger partial charge on any atom is -0.359 e. The SMILES string of the molecule is CCC(NC(=S)NCc1ccc(Cl)cc1)c1ccc(C)cc1. The first kappa shape index (κ1) is 16.8. The van der Waals surface area contributed by atoms with E-state index >= 15 is 0 Å². The van der Waals surface area contributed by atoms with Gasteiger partial charge in [-0.25, -0.2) is 0 Å². The molecule has 0 saturated carbocycles. The van der Waals surface area contributed by atoms with Gasteiger partial charge in [-0.05, 0) is 48.8 Å². The van der Waals surface area contributed by atoms with E-state index in [9.17, 15) is 0 Å². The predicted molar refractivity (Wildman–Crippen MR) is 98.2 cm³/mol. The number of aryl methyl sites for hydroxylation is 1. The molecule has 22 heavy (non-hydrogen) atoms. The van der Waals surface area contributed by atoms with Gasteiger partial charge in [0.1, 0.15) is 0 Å². The van der Waals surface area contributed by atoms with Crippen molar-refractivity contribution in [1.82, 2.24) is 10.6 Å². The molecule has 2 rings (SSSR count). The molecule has 0 amide bonds. The summed E-state index contributed by atoms with van der Waals surface area (Å²) < 4.78 is 0. The van der Waals surface area contributed by atoms with Crippen LogP contribution in [0.5, 0.6) is 0 Å². The van der Waals surface area contributed by atoms with Crippen molar-refractivity contribution in [2.24, 2.45) is 0 Å². The van der Waals surface area contributed by atoms with Crippen LogP contribution >= 0.6 is 23.8 Å². The highest BCUT2D eigenvalue weighted by Gasteiger charge is 2.10. The summed E-state index contributed by atoms with van der Waals surface area (Å²) in [6.07, 6.45) is 0.978. The van der Waals surface area contributed by atoms with Crippen molar-refractivity contribution in [2.75, 3.05) is 0 Å². The van der Waals surface area contributed by atoms with E-state index in [-0.39, 0.29) is 6.04 Å². The highest BCUT2D eigenvalue weighted by Crippen LogP contribution is 2.17. The average Bonchev–Trinajstić information content (AvgIpc) is 2.53. The fourth-order valence-electron chi connectivity index (χ4n) is 2.21. The molecule has 0 aromatic heterocycles. The van der Waals surface area contributed by atoms with E-state index in [1.807, 2.05) is 24.3 Å². The first-order valence-electron chi connectivity index (χ1n) is 7.44. The van der Waals surface area contributed by atoms with Gasteiger partial charge in [-0.3, -0.25) is 0 Å². The fourth-order valence-corrected chi connectivity index (χ4v) is 2.55. The Bertz CT molecular complexity index is 608. The molecule has 1 atom stereocenters. The van der Waals surface area contributed by atoms with Gasteiger partial charge in [0, 0.05) is 11.6 Å². The number of benzene rings is 2. The summed E-state index contributed by atoms with van der Waals surface area (Å²) in [5, 5.41) is 8.03. The molecule has 0 saturated heterocycles. The second-order valence-corrected chi connectivity index (χ2v) is 6.17. The molecule has 0 radical (unpaired) electrons. The van der Waals surface area contributed by atoms with E-state index in [0.29, 0.717) is 11.7 Å². The van der Waals surface area contributed by atoms with E-state index in [1.54, 1.807) is 0 Å². The third-order valence-electron chi connectivity index (χ3n) is 3.56. The molecule has 0 aliphatic carbocycles.